The average molecular weight is 282 g/mol. The third-order valence-electron chi connectivity index (χ3n) is 2.81. The summed E-state index contributed by atoms with van der Waals surface area (Å²) < 4.78 is 13.0. The summed E-state index contributed by atoms with van der Waals surface area (Å²) in [5, 5.41) is 15.7. The van der Waals surface area contributed by atoms with Crippen LogP contribution in [0.1, 0.15) is 31.9 Å². The fraction of sp³-hybridized carbons (Fsp3) is 0.533. The molecular weight excluding hydrogens is 259 g/mol. The Morgan fingerprint density at radius 1 is 1.35 bits per heavy atom. The molecule has 0 aromatic heterocycles. The molecule has 112 valence electrons. The quantitative estimate of drug-likeness (QED) is 0.635. The summed E-state index contributed by atoms with van der Waals surface area (Å²) in [6.45, 7) is 5.52. The van der Waals surface area contributed by atoms with Gasteiger partial charge >= 0.3 is 0 Å². The van der Waals surface area contributed by atoms with Gasteiger partial charge in [-0.25, -0.2) is 4.39 Å². The third kappa shape index (κ3) is 6.63. The summed E-state index contributed by atoms with van der Waals surface area (Å²) in [4.78, 5) is 11.4. The molecule has 0 radical (unpaired) electrons. The Balaban J connectivity index is 2.19. The lowest BCUT2D eigenvalue weighted by molar-refractivity contribution is -0.121. The van der Waals surface area contributed by atoms with Crippen LogP contribution in [0, 0.1) is 11.7 Å². The molecule has 1 aromatic carbocycles. The SMILES string of the molecule is CC(C)CNC(=O)CCNCC(O)c1cccc(F)c1. The molecule has 1 amide bonds. The van der Waals surface area contributed by atoms with Gasteiger partial charge in [-0.1, -0.05) is 26.0 Å². The van der Waals surface area contributed by atoms with Crippen LogP contribution in [0.25, 0.3) is 0 Å². The lowest BCUT2D eigenvalue weighted by atomic mass is 10.1. The molecule has 3 N–H and O–H groups in total. The van der Waals surface area contributed by atoms with E-state index in [9.17, 15) is 14.3 Å². The molecular formula is C15H23FN2O2. The van der Waals surface area contributed by atoms with Crippen LogP contribution >= 0.6 is 0 Å². The molecule has 0 heterocycles. The van der Waals surface area contributed by atoms with Crippen molar-refractivity contribution in [1.82, 2.24) is 10.6 Å². The fourth-order valence-electron chi connectivity index (χ4n) is 1.68. The number of nitrogens with one attached hydrogen (secondary N) is 2. The van der Waals surface area contributed by atoms with Crippen molar-refractivity contribution in [3.63, 3.8) is 0 Å². The summed E-state index contributed by atoms with van der Waals surface area (Å²) in [6.07, 6.45) is -0.410. The number of halogens is 1. The number of aliphatic hydroxyl groups is 1. The lowest BCUT2D eigenvalue weighted by Crippen LogP contribution is -2.31. The standard InChI is InChI=1S/C15H23FN2O2/c1-11(2)9-18-15(20)6-7-17-10-14(19)12-4-3-5-13(16)8-12/h3-5,8,11,14,17,19H,6-7,9-10H2,1-2H3,(H,18,20). The lowest BCUT2D eigenvalue weighted by Gasteiger charge is -2.12. The smallest absolute Gasteiger partial charge is 0.221 e. The molecule has 1 rings (SSSR count). The second-order valence-electron chi connectivity index (χ2n) is 5.22. The van der Waals surface area contributed by atoms with E-state index in [-0.39, 0.29) is 11.7 Å². The van der Waals surface area contributed by atoms with E-state index < -0.39 is 6.10 Å². The second kappa shape index (κ2) is 8.66. The first-order valence-corrected chi connectivity index (χ1v) is 6.90. The van der Waals surface area contributed by atoms with Crippen LogP contribution in [0.2, 0.25) is 0 Å². The van der Waals surface area contributed by atoms with Gasteiger partial charge < -0.3 is 15.7 Å². The van der Waals surface area contributed by atoms with E-state index >= 15 is 0 Å². The monoisotopic (exact) mass is 282 g/mol. The molecule has 5 heteroatoms. The van der Waals surface area contributed by atoms with Crippen LogP contribution in [0.15, 0.2) is 24.3 Å². The first-order valence-electron chi connectivity index (χ1n) is 6.90. The number of carbonyl (C=O) groups excluding carboxylic acids is 1. The Bertz CT molecular complexity index is 424. The average Bonchev–Trinajstić information content (AvgIpc) is 2.41. The van der Waals surface area contributed by atoms with Crippen molar-refractivity contribution in [3.8, 4) is 0 Å². The maximum Gasteiger partial charge on any atom is 0.221 e. The van der Waals surface area contributed by atoms with Crippen LogP contribution in [0.5, 0.6) is 0 Å². The molecule has 1 unspecified atom stereocenters. The summed E-state index contributed by atoms with van der Waals surface area (Å²) in [5.74, 6) is 0.0581. The van der Waals surface area contributed by atoms with Crippen LogP contribution in [-0.2, 0) is 4.79 Å². The van der Waals surface area contributed by atoms with Gasteiger partial charge in [0.25, 0.3) is 0 Å². The van der Waals surface area contributed by atoms with Crippen molar-refractivity contribution in [2.75, 3.05) is 19.6 Å². The molecule has 0 spiro atoms. The Morgan fingerprint density at radius 2 is 2.10 bits per heavy atom. The number of hydrogen-bond acceptors (Lipinski definition) is 3. The molecule has 1 atom stereocenters. The van der Waals surface area contributed by atoms with Crippen molar-refractivity contribution >= 4 is 5.91 Å². The van der Waals surface area contributed by atoms with E-state index in [1.807, 2.05) is 13.8 Å². The van der Waals surface area contributed by atoms with Crippen LogP contribution in [0.4, 0.5) is 4.39 Å². The predicted molar refractivity (Wildman–Crippen MR) is 76.7 cm³/mol. The minimum atomic E-state index is -0.774. The summed E-state index contributed by atoms with van der Waals surface area (Å²) in [7, 11) is 0. The normalized spacial score (nSPS) is 12.4. The summed E-state index contributed by atoms with van der Waals surface area (Å²) >= 11 is 0. The minimum absolute atomic E-state index is 0.00792. The molecule has 0 fully saturated rings. The first-order chi connectivity index (χ1) is 9.49. The Morgan fingerprint density at radius 3 is 2.75 bits per heavy atom. The molecule has 4 nitrogen and oxygen atoms in total. The highest BCUT2D eigenvalue weighted by Gasteiger charge is 2.08. The van der Waals surface area contributed by atoms with E-state index in [1.54, 1.807) is 12.1 Å². The topological polar surface area (TPSA) is 61.4 Å². The van der Waals surface area contributed by atoms with Gasteiger partial charge in [-0.15, -0.1) is 0 Å². The molecule has 0 aliphatic heterocycles. The molecule has 0 saturated heterocycles. The highest BCUT2D eigenvalue weighted by molar-refractivity contribution is 5.76. The highest BCUT2D eigenvalue weighted by atomic mass is 19.1. The van der Waals surface area contributed by atoms with Crippen LogP contribution < -0.4 is 10.6 Å². The van der Waals surface area contributed by atoms with Gasteiger partial charge in [-0.05, 0) is 23.6 Å². The van der Waals surface area contributed by atoms with Crippen LogP contribution in [0.3, 0.4) is 0 Å². The number of benzene rings is 1. The highest BCUT2D eigenvalue weighted by Crippen LogP contribution is 2.12. The van der Waals surface area contributed by atoms with Gasteiger partial charge in [0.2, 0.25) is 5.91 Å². The third-order valence-corrected chi connectivity index (χ3v) is 2.81. The molecule has 0 aliphatic rings. The number of aliphatic hydroxyl groups excluding tert-OH is 1. The van der Waals surface area contributed by atoms with Crippen molar-refractivity contribution in [2.24, 2.45) is 5.92 Å². The maximum atomic E-state index is 13.0. The predicted octanol–water partition coefficient (Wildman–Crippen LogP) is 1.61. The van der Waals surface area contributed by atoms with E-state index in [1.165, 1.54) is 12.1 Å². The van der Waals surface area contributed by atoms with E-state index in [0.717, 1.165) is 0 Å². The van der Waals surface area contributed by atoms with Gasteiger partial charge in [-0.2, -0.15) is 0 Å². The fourth-order valence-corrected chi connectivity index (χ4v) is 1.68. The minimum Gasteiger partial charge on any atom is -0.387 e. The first kappa shape index (κ1) is 16.6. The molecule has 0 aliphatic carbocycles. The number of carbonyl (C=O) groups is 1. The Labute approximate surface area is 119 Å². The molecule has 0 bridgehead atoms. The summed E-state index contributed by atoms with van der Waals surface area (Å²) in [5.41, 5.74) is 0.529. The van der Waals surface area contributed by atoms with E-state index in [4.69, 9.17) is 0 Å². The zero-order valence-electron chi connectivity index (χ0n) is 12.0. The maximum absolute atomic E-state index is 13.0. The zero-order valence-corrected chi connectivity index (χ0v) is 12.0. The number of hydrogen-bond donors (Lipinski definition) is 3. The van der Waals surface area contributed by atoms with Gasteiger partial charge in [0.05, 0.1) is 6.10 Å². The van der Waals surface area contributed by atoms with Gasteiger partial charge in [-0.3, -0.25) is 4.79 Å². The second-order valence-corrected chi connectivity index (χ2v) is 5.22. The van der Waals surface area contributed by atoms with Gasteiger partial charge in [0.1, 0.15) is 5.82 Å². The molecule has 20 heavy (non-hydrogen) atoms. The van der Waals surface area contributed by atoms with Crippen molar-refractivity contribution in [2.45, 2.75) is 26.4 Å². The van der Waals surface area contributed by atoms with Crippen molar-refractivity contribution < 1.29 is 14.3 Å². The largest absolute Gasteiger partial charge is 0.387 e. The van der Waals surface area contributed by atoms with Gasteiger partial charge in [0.15, 0.2) is 0 Å². The Hall–Kier alpha value is -1.46. The number of amides is 1. The summed E-state index contributed by atoms with van der Waals surface area (Å²) in [6, 6.07) is 5.88. The van der Waals surface area contributed by atoms with Gasteiger partial charge in [0, 0.05) is 26.1 Å². The van der Waals surface area contributed by atoms with Crippen LogP contribution in [-0.4, -0.2) is 30.6 Å². The van der Waals surface area contributed by atoms with Crippen molar-refractivity contribution in [3.05, 3.63) is 35.6 Å². The molecule has 1 aromatic rings. The van der Waals surface area contributed by atoms with E-state index in [0.29, 0.717) is 37.5 Å². The zero-order chi connectivity index (χ0) is 15.0. The number of rotatable bonds is 8. The molecule has 0 saturated carbocycles. The van der Waals surface area contributed by atoms with E-state index in [2.05, 4.69) is 10.6 Å². The Kier molecular flexibility index (Phi) is 7.18. The van der Waals surface area contributed by atoms with Crippen molar-refractivity contribution in [1.29, 1.82) is 0 Å².